The first-order chi connectivity index (χ1) is 7.10. The molecule has 1 rings (SSSR count). The van der Waals surface area contributed by atoms with E-state index in [2.05, 4.69) is 0 Å². The summed E-state index contributed by atoms with van der Waals surface area (Å²) in [6, 6.07) is 3.93. The average molecular weight is 210 g/mol. The van der Waals surface area contributed by atoms with Gasteiger partial charge in [-0.05, 0) is 30.5 Å². The molecule has 0 aliphatic heterocycles. The van der Waals surface area contributed by atoms with E-state index in [1.165, 1.54) is 0 Å². The Balaban J connectivity index is 2.99. The Morgan fingerprint density at radius 1 is 1.33 bits per heavy atom. The molecule has 0 aliphatic rings. The number of ether oxygens (including phenoxy) is 1. The molecule has 3 nitrogen and oxygen atoms in total. The summed E-state index contributed by atoms with van der Waals surface area (Å²) in [5.41, 5.74) is 3.13. The van der Waals surface area contributed by atoms with Gasteiger partial charge in [-0.1, -0.05) is 12.1 Å². The fourth-order valence-electron chi connectivity index (χ4n) is 1.72. The molecule has 0 heterocycles. The molecule has 1 aromatic carbocycles. The summed E-state index contributed by atoms with van der Waals surface area (Å²) in [5.74, 6) is 0.859. The summed E-state index contributed by atoms with van der Waals surface area (Å²) in [5, 5.41) is 18.2. The number of aliphatic hydroxyl groups is 2. The van der Waals surface area contributed by atoms with Gasteiger partial charge in [0.25, 0.3) is 0 Å². The van der Waals surface area contributed by atoms with Crippen LogP contribution in [0.15, 0.2) is 12.1 Å². The van der Waals surface area contributed by atoms with Gasteiger partial charge in [-0.2, -0.15) is 0 Å². The lowest BCUT2D eigenvalue weighted by Gasteiger charge is -2.14. The number of aliphatic hydroxyl groups excluding tert-OH is 2. The van der Waals surface area contributed by atoms with E-state index in [4.69, 9.17) is 9.84 Å². The number of rotatable bonds is 4. The molecule has 1 atom stereocenters. The quantitative estimate of drug-likeness (QED) is 0.785. The van der Waals surface area contributed by atoms with Crippen LogP contribution >= 0.6 is 0 Å². The molecular formula is C12H18O3. The third-order valence-electron chi connectivity index (χ3n) is 2.59. The van der Waals surface area contributed by atoms with Gasteiger partial charge < -0.3 is 14.9 Å². The normalized spacial score (nSPS) is 12.6. The Kier molecular flexibility index (Phi) is 4.12. The maximum atomic E-state index is 9.38. The van der Waals surface area contributed by atoms with E-state index in [-0.39, 0.29) is 6.61 Å². The van der Waals surface area contributed by atoms with Crippen molar-refractivity contribution in [3.63, 3.8) is 0 Å². The molecule has 2 N–H and O–H groups in total. The zero-order chi connectivity index (χ0) is 11.4. The number of methoxy groups -OCH3 is 1. The van der Waals surface area contributed by atoms with Crippen molar-refractivity contribution in [1.29, 1.82) is 0 Å². The zero-order valence-electron chi connectivity index (χ0n) is 9.45. The monoisotopic (exact) mass is 210 g/mol. The largest absolute Gasteiger partial charge is 0.496 e. The highest BCUT2D eigenvalue weighted by atomic mass is 16.5. The molecule has 84 valence electrons. The van der Waals surface area contributed by atoms with Gasteiger partial charge in [0.2, 0.25) is 0 Å². The van der Waals surface area contributed by atoms with E-state index in [0.717, 1.165) is 22.4 Å². The van der Waals surface area contributed by atoms with Gasteiger partial charge in [-0.15, -0.1) is 0 Å². The SMILES string of the molecule is COc1c(C)ccc(CC(O)CO)c1C. The van der Waals surface area contributed by atoms with Gasteiger partial charge in [0.15, 0.2) is 0 Å². The molecule has 0 saturated heterocycles. The highest BCUT2D eigenvalue weighted by Crippen LogP contribution is 2.26. The lowest BCUT2D eigenvalue weighted by molar-refractivity contribution is 0.0953. The van der Waals surface area contributed by atoms with Gasteiger partial charge in [0.1, 0.15) is 5.75 Å². The van der Waals surface area contributed by atoms with Crippen molar-refractivity contribution in [2.75, 3.05) is 13.7 Å². The molecule has 0 saturated carbocycles. The van der Waals surface area contributed by atoms with Crippen molar-refractivity contribution in [1.82, 2.24) is 0 Å². The van der Waals surface area contributed by atoms with Crippen molar-refractivity contribution in [2.45, 2.75) is 26.4 Å². The van der Waals surface area contributed by atoms with Crippen LogP contribution in [-0.2, 0) is 6.42 Å². The van der Waals surface area contributed by atoms with Crippen molar-refractivity contribution in [3.8, 4) is 5.75 Å². The second-order valence-corrected chi connectivity index (χ2v) is 3.74. The zero-order valence-corrected chi connectivity index (χ0v) is 9.45. The third-order valence-corrected chi connectivity index (χ3v) is 2.59. The second-order valence-electron chi connectivity index (χ2n) is 3.74. The van der Waals surface area contributed by atoms with E-state index >= 15 is 0 Å². The summed E-state index contributed by atoms with van der Waals surface area (Å²) in [7, 11) is 1.64. The van der Waals surface area contributed by atoms with Crippen molar-refractivity contribution >= 4 is 0 Å². The lowest BCUT2D eigenvalue weighted by Crippen LogP contribution is -2.16. The molecular weight excluding hydrogens is 192 g/mol. The standard InChI is InChI=1S/C12H18O3/c1-8-4-5-10(6-11(14)7-13)9(2)12(8)15-3/h4-5,11,13-14H,6-7H2,1-3H3. The Hall–Kier alpha value is -1.06. The molecule has 1 aromatic rings. The minimum absolute atomic E-state index is 0.213. The van der Waals surface area contributed by atoms with Crippen molar-refractivity contribution in [3.05, 3.63) is 28.8 Å². The van der Waals surface area contributed by atoms with Crippen molar-refractivity contribution < 1.29 is 14.9 Å². The molecule has 0 radical (unpaired) electrons. The van der Waals surface area contributed by atoms with E-state index in [1.54, 1.807) is 7.11 Å². The first-order valence-corrected chi connectivity index (χ1v) is 5.02. The maximum Gasteiger partial charge on any atom is 0.124 e. The molecule has 0 bridgehead atoms. The number of aryl methyl sites for hydroxylation is 1. The minimum atomic E-state index is -0.698. The van der Waals surface area contributed by atoms with Gasteiger partial charge in [-0.25, -0.2) is 0 Å². The van der Waals surface area contributed by atoms with E-state index < -0.39 is 6.10 Å². The lowest BCUT2D eigenvalue weighted by atomic mass is 9.99. The molecule has 0 spiro atoms. The van der Waals surface area contributed by atoms with Crippen LogP contribution in [0.3, 0.4) is 0 Å². The Labute approximate surface area is 90.3 Å². The molecule has 0 aromatic heterocycles. The first-order valence-electron chi connectivity index (χ1n) is 5.02. The average Bonchev–Trinajstić information content (AvgIpc) is 2.23. The predicted octanol–water partition coefficient (Wildman–Crippen LogP) is 1.21. The van der Waals surface area contributed by atoms with Crippen molar-refractivity contribution in [2.24, 2.45) is 0 Å². The van der Waals surface area contributed by atoms with E-state index in [1.807, 2.05) is 26.0 Å². The fourth-order valence-corrected chi connectivity index (χ4v) is 1.72. The van der Waals surface area contributed by atoms with Crippen LogP contribution in [0, 0.1) is 13.8 Å². The van der Waals surface area contributed by atoms with Gasteiger partial charge in [-0.3, -0.25) is 0 Å². The highest BCUT2D eigenvalue weighted by Gasteiger charge is 2.11. The summed E-state index contributed by atoms with van der Waals surface area (Å²) < 4.78 is 5.29. The molecule has 15 heavy (non-hydrogen) atoms. The van der Waals surface area contributed by atoms with Crippen LogP contribution in [0.4, 0.5) is 0 Å². The Morgan fingerprint density at radius 2 is 2.00 bits per heavy atom. The van der Waals surface area contributed by atoms with Gasteiger partial charge in [0, 0.05) is 6.42 Å². The number of hydrogen-bond acceptors (Lipinski definition) is 3. The first kappa shape index (κ1) is 12.0. The molecule has 3 heteroatoms. The summed E-state index contributed by atoms with van der Waals surface area (Å²) >= 11 is 0. The summed E-state index contributed by atoms with van der Waals surface area (Å²) in [6.45, 7) is 3.74. The van der Waals surface area contributed by atoms with Crippen LogP contribution in [0.5, 0.6) is 5.75 Å². The summed E-state index contributed by atoms with van der Waals surface area (Å²) in [4.78, 5) is 0. The van der Waals surface area contributed by atoms with Crippen LogP contribution in [0.25, 0.3) is 0 Å². The van der Waals surface area contributed by atoms with E-state index in [0.29, 0.717) is 6.42 Å². The summed E-state index contributed by atoms with van der Waals surface area (Å²) in [6.07, 6.45) is -0.241. The van der Waals surface area contributed by atoms with Crippen LogP contribution < -0.4 is 4.74 Å². The van der Waals surface area contributed by atoms with Crippen LogP contribution in [-0.4, -0.2) is 30.0 Å². The topological polar surface area (TPSA) is 49.7 Å². The Morgan fingerprint density at radius 3 is 2.53 bits per heavy atom. The number of hydrogen-bond donors (Lipinski definition) is 2. The minimum Gasteiger partial charge on any atom is -0.496 e. The fraction of sp³-hybridized carbons (Fsp3) is 0.500. The molecule has 0 amide bonds. The van der Waals surface area contributed by atoms with Gasteiger partial charge in [0.05, 0.1) is 19.8 Å². The van der Waals surface area contributed by atoms with Crippen LogP contribution in [0.1, 0.15) is 16.7 Å². The molecule has 1 unspecified atom stereocenters. The molecule has 0 aliphatic carbocycles. The van der Waals surface area contributed by atoms with E-state index in [9.17, 15) is 5.11 Å². The second kappa shape index (κ2) is 5.14. The number of benzene rings is 1. The highest BCUT2D eigenvalue weighted by molar-refractivity contribution is 5.45. The predicted molar refractivity (Wildman–Crippen MR) is 59.3 cm³/mol. The Bertz CT molecular complexity index is 334. The maximum absolute atomic E-state index is 9.38. The third kappa shape index (κ3) is 2.70. The smallest absolute Gasteiger partial charge is 0.124 e. The van der Waals surface area contributed by atoms with Crippen LogP contribution in [0.2, 0.25) is 0 Å². The van der Waals surface area contributed by atoms with Gasteiger partial charge >= 0.3 is 0 Å². The molecule has 0 fully saturated rings.